The highest BCUT2D eigenvalue weighted by molar-refractivity contribution is 7.99. The number of aryl methyl sites for hydroxylation is 1. The molecule has 0 spiro atoms. The van der Waals surface area contributed by atoms with Gasteiger partial charge in [0.05, 0.1) is 6.54 Å². The van der Waals surface area contributed by atoms with E-state index in [0.717, 1.165) is 17.9 Å². The van der Waals surface area contributed by atoms with Gasteiger partial charge in [-0.1, -0.05) is 0 Å². The summed E-state index contributed by atoms with van der Waals surface area (Å²) in [6, 6.07) is 2.51. The van der Waals surface area contributed by atoms with Crippen LogP contribution in [0.1, 0.15) is 28.3 Å². The van der Waals surface area contributed by atoms with Crippen LogP contribution >= 0.6 is 11.8 Å². The Morgan fingerprint density at radius 1 is 1.72 bits per heavy atom. The van der Waals surface area contributed by atoms with Crippen molar-refractivity contribution in [2.24, 2.45) is 5.84 Å². The Labute approximate surface area is 111 Å². The molecule has 0 saturated carbocycles. The molecule has 1 aromatic heterocycles. The van der Waals surface area contributed by atoms with Crippen LogP contribution in [0.15, 0.2) is 10.5 Å². The first-order chi connectivity index (χ1) is 8.61. The molecule has 0 aliphatic carbocycles. The van der Waals surface area contributed by atoms with E-state index in [1.54, 1.807) is 0 Å². The standard InChI is InChI=1S/C12H19N3O2S/c1-8-5-10(17-11(8)12(16)14-13)6-15(2)9-3-4-18-7-9/h5,9H,3-4,6-7,13H2,1-2H3,(H,14,16). The van der Waals surface area contributed by atoms with E-state index in [9.17, 15) is 4.79 Å². The van der Waals surface area contributed by atoms with E-state index in [1.807, 2.05) is 24.8 Å². The molecule has 1 aliphatic heterocycles. The first kappa shape index (κ1) is 13.5. The molecule has 1 saturated heterocycles. The second kappa shape index (κ2) is 5.77. The maximum Gasteiger partial charge on any atom is 0.301 e. The molecule has 0 bridgehead atoms. The van der Waals surface area contributed by atoms with Crippen molar-refractivity contribution in [2.75, 3.05) is 18.6 Å². The fourth-order valence-electron chi connectivity index (χ4n) is 2.16. The summed E-state index contributed by atoms with van der Waals surface area (Å²) in [7, 11) is 2.09. The minimum absolute atomic E-state index is 0.307. The van der Waals surface area contributed by atoms with Gasteiger partial charge in [-0.15, -0.1) is 0 Å². The highest BCUT2D eigenvalue weighted by Gasteiger charge is 2.22. The third kappa shape index (κ3) is 2.88. The second-order valence-corrected chi connectivity index (χ2v) is 5.78. The minimum atomic E-state index is -0.377. The van der Waals surface area contributed by atoms with Crippen molar-refractivity contribution in [3.63, 3.8) is 0 Å². The zero-order chi connectivity index (χ0) is 13.1. The fraction of sp³-hybridized carbons (Fsp3) is 0.583. The van der Waals surface area contributed by atoms with E-state index in [4.69, 9.17) is 10.3 Å². The first-order valence-corrected chi connectivity index (χ1v) is 7.15. The molecular formula is C12H19N3O2S. The topological polar surface area (TPSA) is 71.5 Å². The molecule has 2 rings (SSSR count). The highest BCUT2D eigenvalue weighted by atomic mass is 32.2. The van der Waals surface area contributed by atoms with Crippen LogP contribution in [-0.4, -0.2) is 35.4 Å². The van der Waals surface area contributed by atoms with E-state index in [0.29, 0.717) is 11.8 Å². The van der Waals surface area contributed by atoms with E-state index < -0.39 is 0 Å². The largest absolute Gasteiger partial charge is 0.454 e. The lowest BCUT2D eigenvalue weighted by molar-refractivity contribution is 0.0921. The summed E-state index contributed by atoms with van der Waals surface area (Å²) in [5.41, 5.74) is 2.92. The first-order valence-electron chi connectivity index (χ1n) is 6.00. The molecule has 1 aromatic rings. The number of thioether (sulfide) groups is 1. The summed E-state index contributed by atoms with van der Waals surface area (Å²) in [6.07, 6.45) is 1.22. The molecule has 3 N–H and O–H groups in total. The predicted molar refractivity (Wildman–Crippen MR) is 72.3 cm³/mol. The van der Waals surface area contributed by atoms with E-state index in [2.05, 4.69) is 17.4 Å². The number of nitrogen functional groups attached to an aromatic ring is 1. The second-order valence-electron chi connectivity index (χ2n) is 4.63. The van der Waals surface area contributed by atoms with Gasteiger partial charge >= 0.3 is 5.91 Å². The number of nitrogens with one attached hydrogen (secondary N) is 1. The number of nitrogens with two attached hydrogens (primary N) is 1. The number of hydrazine groups is 1. The number of hydrogen-bond donors (Lipinski definition) is 2. The quantitative estimate of drug-likeness (QED) is 0.487. The van der Waals surface area contributed by atoms with Crippen molar-refractivity contribution in [1.29, 1.82) is 0 Å². The Bertz CT molecular complexity index is 427. The normalized spacial score (nSPS) is 19.4. The maximum absolute atomic E-state index is 11.4. The molecule has 0 radical (unpaired) electrons. The van der Waals surface area contributed by atoms with Crippen molar-refractivity contribution in [1.82, 2.24) is 10.3 Å². The Balaban J connectivity index is 2.03. The van der Waals surface area contributed by atoms with E-state index in [-0.39, 0.29) is 5.91 Å². The fourth-order valence-corrected chi connectivity index (χ4v) is 3.46. The summed E-state index contributed by atoms with van der Waals surface area (Å²) in [5, 5.41) is 0. The number of amides is 1. The lowest BCUT2D eigenvalue weighted by Crippen LogP contribution is -2.31. The van der Waals surface area contributed by atoms with Gasteiger partial charge in [0.2, 0.25) is 0 Å². The average molecular weight is 269 g/mol. The average Bonchev–Trinajstić information content (AvgIpc) is 2.97. The molecule has 1 atom stereocenters. The SMILES string of the molecule is Cc1cc(CN(C)C2CCSC2)oc1C(=O)NN. The van der Waals surface area contributed by atoms with Gasteiger partial charge in [-0.25, -0.2) is 5.84 Å². The van der Waals surface area contributed by atoms with Crippen molar-refractivity contribution in [3.8, 4) is 0 Å². The molecule has 1 amide bonds. The van der Waals surface area contributed by atoms with Gasteiger partial charge in [0, 0.05) is 17.4 Å². The Morgan fingerprint density at radius 2 is 2.50 bits per heavy atom. The summed E-state index contributed by atoms with van der Waals surface area (Å²) in [4.78, 5) is 13.7. The third-order valence-corrected chi connectivity index (χ3v) is 4.39. The van der Waals surface area contributed by atoms with Gasteiger partial charge in [0.25, 0.3) is 0 Å². The van der Waals surface area contributed by atoms with Gasteiger partial charge in [0.1, 0.15) is 5.76 Å². The lowest BCUT2D eigenvalue weighted by atomic mass is 10.2. The third-order valence-electron chi connectivity index (χ3n) is 3.24. The molecule has 0 aromatic carbocycles. The summed E-state index contributed by atoms with van der Waals surface area (Å²) < 4.78 is 5.56. The molecule has 1 aliphatic rings. The zero-order valence-corrected chi connectivity index (χ0v) is 11.5. The van der Waals surface area contributed by atoms with Crippen molar-refractivity contribution >= 4 is 17.7 Å². The number of nitrogens with zero attached hydrogens (tertiary/aromatic N) is 1. The smallest absolute Gasteiger partial charge is 0.301 e. The number of carbonyl (C=O) groups is 1. The molecule has 18 heavy (non-hydrogen) atoms. The number of rotatable bonds is 4. The summed E-state index contributed by atoms with van der Waals surface area (Å²) in [5.74, 6) is 8.25. The van der Waals surface area contributed by atoms with Gasteiger partial charge in [-0.2, -0.15) is 11.8 Å². The van der Waals surface area contributed by atoms with Crippen molar-refractivity contribution in [2.45, 2.75) is 25.9 Å². The van der Waals surface area contributed by atoms with E-state index >= 15 is 0 Å². The summed E-state index contributed by atoms with van der Waals surface area (Å²) >= 11 is 1.99. The van der Waals surface area contributed by atoms with Crippen molar-refractivity contribution in [3.05, 3.63) is 23.2 Å². The van der Waals surface area contributed by atoms with Crippen LogP contribution in [-0.2, 0) is 6.54 Å². The molecule has 100 valence electrons. The molecule has 1 fully saturated rings. The number of carbonyl (C=O) groups excluding carboxylic acids is 1. The molecule has 1 unspecified atom stereocenters. The van der Waals surface area contributed by atoms with Crippen LogP contribution in [0.25, 0.3) is 0 Å². The van der Waals surface area contributed by atoms with Crippen LogP contribution in [0.5, 0.6) is 0 Å². The Hall–Kier alpha value is -0.980. The molecule has 6 heteroatoms. The summed E-state index contributed by atoms with van der Waals surface area (Å²) in [6.45, 7) is 2.58. The maximum atomic E-state index is 11.4. The van der Waals surface area contributed by atoms with Crippen LogP contribution in [0, 0.1) is 6.92 Å². The minimum Gasteiger partial charge on any atom is -0.454 e. The number of furan rings is 1. The van der Waals surface area contributed by atoms with Gasteiger partial charge < -0.3 is 4.42 Å². The number of hydrogen-bond acceptors (Lipinski definition) is 5. The van der Waals surface area contributed by atoms with Crippen molar-refractivity contribution < 1.29 is 9.21 Å². The van der Waals surface area contributed by atoms with E-state index in [1.165, 1.54) is 17.9 Å². The van der Waals surface area contributed by atoms with Gasteiger partial charge in [-0.3, -0.25) is 15.1 Å². The molecule has 2 heterocycles. The van der Waals surface area contributed by atoms with Crippen LogP contribution < -0.4 is 11.3 Å². The Kier molecular flexibility index (Phi) is 4.31. The van der Waals surface area contributed by atoms with Gasteiger partial charge in [-0.05, 0) is 32.2 Å². The molecular weight excluding hydrogens is 250 g/mol. The van der Waals surface area contributed by atoms with Crippen LogP contribution in [0.4, 0.5) is 0 Å². The molecule has 5 nitrogen and oxygen atoms in total. The zero-order valence-electron chi connectivity index (χ0n) is 10.7. The van der Waals surface area contributed by atoms with Gasteiger partial charge in [0.15, 0.2) is 5.76 Å². The monoisotopic (exact) mass is 269 g/mol. The van der Waals surface area contributed by atoms with Crippen LogP contribution in [0.2, 0.25) is 0 Å². The van der Waals surface area contributed by atoms with Crippen LogP contribution in [0.3, 0.4) is 0 Å². The highest BCUT2D eigenvalue weighted by Crippen LogP contribution is 2.23. The predicted octanol–water partition coefficient (Wildman–Crippen LogP) is 1.13. The Morgan fingerprint density at radius 3 is 3.11 bits per heavy atom. The lowest BCUT2D eigenvalue weighted by Gasteiger charge is -2.21.